The van der Waals surface area contributed by atoms with Crippen LogP contribution >= 0.6 is 27.5 Å². The first-order valence-corrected chi connectivity index (χ1v) is 16.8. The molecule has 0 aromatic heterocycles. The van der Waals surface area contributed by atoms with E-state index in [9.17, 15) is 24.3 Å². The molecule has 3 fully saturated rings. The minimum absolute atomic E-state index is 0.104. The van der Waals surface area contributed by atoms with Crippen LogP contribution in [0, 0.1) is 17.8 Å². The van der Waals surface area contributed by atoms with Gasteiger partial charge in [-0.2, -0.15) is 0 Å². The van der Waals surface area contributed by atoms with Crippen LogP contribution in [-0.4, -0.2) is 88.1 Å². The number of esters is 1. The van der Waals surface area contributed by atoms with Crippen LogP contribution in [0.4, 0.5) is 5.69 Å². The molecule has 0 radical (unpaired) electrons. The Morgan fingerprint density at radius 3 is 2.56 bits per heavy atom. The van der Waals surface area contributed by atoms with Gasteiger partial charge in [-0.05, 0) is 49.9 Å². The number of nitrogens with zero attached hydrogens (tertiary/aromatic N) is 2. The van der Waals surface area contributed by atoms with Crippen LogP contribution in [0.2, 0.25) is 5.02 Å². The highest BCUT2D eigenvalue weighted by Crippen LogP contribution is 2.61. The van der Waals surface area contributed by atoms with E-state index in [1.165, 1.54) is 9.80 Å². The molecule has 246 valence electrons. The maximum atomic E-state index is 14.7. The van der Waals surface area contributed by atoms with E-state index in [0.29, 0.717) is 30.0 Å². The number of hydrogen-bond acceptors (Lipinski definition) is 7. The van der Waals surface area contributed by atoms with E-state index in [4.69, 9.17) is 21.1 Å². The zero-order valence-electron chi connectivity index (χ0n) is 26.0. The Morgan fingerprint density at radius 2 is 1.96 bits per heavy atom. The largest absolute Gasteiger partial charge is 0.460 e. The predicted octanol–water partition coefficient (Wildman–Crippen LogP) is 4.03. The summed E-state index contributed by atoms with van der Waals surface area (Å²) in [6, 6.07) is 4.98. The summed E-state index contributed by atoms with van der Waals surface area (Å²) in [5.41, 5.74) is -0.783. The van der Waals surface area contributed by atoms with Gasteiger partial charge < -0.3 is 29.7 Å². The number of hydrogen-bond donors (Lipinski definition) is 2. The number of fused-ring (bicyclic) bond motifs is 1. The van der Waals surface area contributed by atoms with Gasteiger partial charge in [-0.25, -0.2) is 0 Å². The highest BCUT2D eigenvalue weighted by molar-refractivity contribution is 9.09. The summed E-state index contributed by atoms with van der Waals surface area (Å²) in [5.74, 6) is -3.78. The molecule has 1 aromatic carbocycles. The summed E-state index contributed by atoms with van der Waals surface area (Å²) in [4.78, 5) is 57.8. The summed E-state index contributed by atoms with van der Waals surface area (Å²) < 4.78 is 12.4. The van der Waals surface area contributed by atoms with E-state index in [1.807, 2.05) is 13.8 Å². The SMILES string of the molecule is C=CCCC(=O)NC[C@H](C)OC(=O)[C@H]1[C@@H]2O[C@@]3(CC2Br)[C@@H]1C(=O)N([C@@H](CO)[C@@H](C)CC)[C@@H]3C(=O)N(CC=C)c1ccc(Cl)cc1. The van der Waals surface area contributed by atoms with Crippen LogP contribution in [0.15, 0.2) is 49.6 Å². The number of aliphatic hydroxyl groups excluding tert-OH is 1. The van der Waals surface area contributed by atoms with Crippen molar-refractivity contribution in [1.29, 1.82) is 0 Å². The van der Waals surface area contributed by atoms with Gasteiger partial charge in [0.05, 0.1) is 37.1 Å². The lowest BCUT2D eigenvalue weighted by atomic mass is 9.70. The zero-order chi connectivity index (χ0) is 33.1. The van der Waals surface area contributed by atoms with Crippen molar-refractivity contribution in [3.63, 3.8) is 0 Å². The van der Waals surface area contributed by atoms with Gasteiger partial charge in [0.15, 0.2) is 0 Å². The van der Waals surface area contributed by atoms with E-state index in [2.05, 4.69) is 34.4 Å². The van der Waals surface area contributed by atoms with Crippen molar-refractivity contribution in [2.75, 3.05) is 24.6 Å². The number of aliphatic hydroxyl groups is 1. The minimum Gasteiger partial charge on any atom is -0.460 e. The van der Waals surface area contributed by atoms with Crippen LogP contribution in [0.1, 0.15) is 46.5 Å². The molecule has 0 aliphatic carbocycles. The molecule has 4 rings (SSSR count). The number of ether oxygens (including phenoxy) is 2. The van der Waals surface area contributed by atoms with E-state index >= 15 is 0 Å². The number of alkyl halides is 1. The van der Waals surface area contributed by atoms with Crippen molar-refractivity contribution in [3.8, 4) is 0 Å². The Kier molecular flexibility index (Phi) is 11.5. The third-order valence-electron chi connectivity index (χ3n) is 9.27. The van der Waals surface area contributed by atoms with Gasteiger partial charge in [-0.15, -0.1) is 13.2 Å². The quantitative estimate of drug-likeness (QED) is 0.160. The van der Waals surface area contributed by atoms with Crippen molar-refractivity contribution < 1.29 is 33.8 Å². The van der Waals surface area contributed by atoms with Gasteiger partial charge in [0.25, 0.3) is 5.91 Å². The van der Waals surface area contributed by atoms with E-state index < -0.39 is 59.5 Å². The number of nitrogens with one attached hydrogen (secondary N) is 1. The molecule has 3 amide bonds. The van der Waals surface area contributed by atoms with Crippen molar-refractivity contribution in [3.05, 3.63) is 54.6 Å². The second-order valence-electron chi connectivity index (χ2n) is 12.1. The van der Waals surface area contributed by atoms with Gasteiger partial charge in [0.1, 0.15) is 17.7 Å². The molecule has 3 aliphatic heterocycles. The average molecular weight is 709 g/mol. The highest BCUT2D eigenvalue weighted by atomic mass is 79.9. The van der Waals surface area contributed by atoms with Gasteiger partial charge >= 0.3 is 5.97 Å². The molecule has 2 N–H and O–H groups in total. The summed E-state index contributed by atoms with van der Waals surface area (Å²) in [5, 5.41) is 13.9. The average Bonchev–Trinajstić information content (AvgIpc) is 3.61. The lowest BCUT2D eigenvalue weighted by Gasteiger charge is -2.41. The molecule has 0 saturated carbocycles. The Hall–Kier alpha value is -2.73. The Morgan fingerprint density at radius 1 is 1.27 bits per heavy atom. The topological polar surface area (TPSA) is 125 Å². The monoisotopic (exact) mass is 707 g/mol. The Bertz CT molecular complexity index is 1300. The van der Waals surface area contributed by atoms with Crippen molar-refractivity contribution in [1.82, 2.24) is 10.2 Å². The summed E-state index contributed by atoms with van der Waals surface area (Å²) in [6.45, 7) is 12.9. The molecule has 3 heterocycles. The summed E-state index contributed by atoms with van der Waals surface area (Å²) >= 11 is 9.81. The molecular weight excluding hydrogens is 666 g/mol. The van der Waals surface area contributed by atoms with E-state index in [0.717, 1.165) is 0 Å². The molecule has 45 heavy (non-hydrogen) atoms. The molecule has 3 saturated heterocycles. The van der Waals surface area contributed by atoms with Crippen LogP contribution in [0.5, 0.6) is 0 Å². The number of anilines is 1. The Labute approximate surface area is 278 Å². The molecule has 1 aromatic rings. The third kappa shape index (κ3) is 6.73. The summed E-state index contributed by atoms with van der Waals surface area (Å²) in [6.07, 6.45) is 3.63. The first kappa shape index (κ1) is 35.1. The molecule has 2 bridgehead atoms. The minimum atomic E-state index is -1.34. The number of likely N-dealkylation sites (tertiary alicyclic amines) is 1. The lowest BCUT2D eigenvalue weighted by molar-refractivity contribution is -0.160. The zero-order valence-corrected chi connectivity index (χ0v) is 28.3. The highest BCUT2D eigenvalue weighted by Gasteiger charge is 2.77. The molecule has 9 atom stereocenters. The number of amides is 3. The first-order chi connectivity index (χ1) is 21.4. The summed E-state index contributed by atoms with van der Waals surface area (Å²) in [7, 11) is 0. The first-order valence-electron chi connectivity index (χ1n) is 15.5. The van der Waals surface area contributed by atoms with Gasteiger partial charge in [-0.3, -0.25) is 19.2 Å². The molecule has 10 nitrogen and oxygen atoms in total. The number of benzene rings is 1. The maximum Gasteiger partial charge on any atom is 0.312 e. The molecule has 12 heteroatoms. The van der Waals surface area contributed by atoms with Crippen LogP contribution in [-0.2, 0) is 28.7 Å². The third-order valence-corrected chi connectivity index (χ3v) is 10.4. The fourth-order valence-corrected chi connectivity index (χ4v) is 7.97. The Balaban J connectivity index is 1.71. The number of halogens is 2. The van der Waals surface area contributed by atoms with E-state index in [-0.39, 0.29) is 42.8 Å². The van der Waals surface area contributed by atoms with Crippen molar-refractivity contribution in [2.24, 2.45) is 17.8 Å². The number of carbonyl (C=O) groups excluding carboxylic acids is 4. The number of allylic oxidation sites excluding steroid dienone is 1. The molecular formula is C33H43BrClN3O7. The predicted molar refractivity (Wildman–Crippen MR) is 175 cm³/mol. The second-order valence-corrected chi connectivity index (χ2v) is 13.7. The standard InChI is InChI=1S/C33H43BrClN3O7/c1-6-9-10-25(40)36-17-20(5)44-32(43)26-27-30(41)38(24(18-39)19(4)8-3)29(33(27)16-23(34)28(26)45-33)31(42)37(15-7-2)22-13-11-21(35)12-14-22/h6-7,11-14,19-20,23-24,26-29,39H,1-2,8-10,15-18H2,3-5H3,(H,36,40)/t19-,20-,23?,24-,26+,27-,28+,29+,33-/m0/s1. The number of rotatable bonds is 15. The van der Waals surface area contributed by atoms with Crippen molar-refractivity contribution >= 4 is 56.9 Å². The molecule has 3 aliphatic rings. The maximum absolute atomic E-state index is 14.7. The van der Waals surface area contributed by atoms with Gasteiger partial charge in [0, 0.05) is 28.5 Å². The second kappa shape index (κ2) is 14.8. The normalized spacial score (nSPS) is 28.6. The van der Waals surface area contributed by atoms with Gasteiger partial charge in [-0.1, -0.05) is 60.0 Å². The fourth-order valence-electron chi connectivity index (χ4n) is 6.91. The lowest BCUT2D eigenvalue weighted by Crippen LogP contribution is -2.60. The van der Waals surface area contributed by atoms with Crippen LogP contribution in [0.25, 0.3) is 0 Å². The van der Waals surface area contributed by atoms with Gasteiger partial charge in [0.2, 0.25) is 11.8 Å². The van der Waals surface area contributed by atoms with Crippen molar-refractivity contribution in [2.45, 2.75) is 81.2 Å². The van der Waals surface area contributed by atoms with Crippen LogP contribution in [0.3, 0.4) is 0 Å². The molecule has 1 spiro atoms. The van der Waals surface area contributed by atoms with E-state index in [1.54, 1.807) is 43.3 Å². The fraction of sp³-hybridized carbons (Fsp3) is 0.576. The molecule has 1 unspecified atom stereocenters. The number of carbonyl (C=O) groups is 4. The smallest absolute Gasteiger partial charge is 0.312 e. The van der Waals surface area contributed by atoms with Crippen LogP contribution < -0.4 is 10.2 Å².